The maximum Gasteiger partial charge on any atom is 0.484 e. The van der Waals surface area contributed by atoms with Gasteiger partial charge in [-0.05, 0) is 40.4 Å². The Morgan fingerprint density at radius 3 is 1.62 bits per heavy atom. The quantitative estimate of drug-likeness (QED) is 0.744. The first-order valence-corrected chi connectivity index (χ1v) is 10.2. The molecule has 0 saturated carbocycles. The molecule has 0 rings (SSSR count). The maximum absolute atomic E-state index is 9.91. The summed E-state index contributed by atoms with van der Waals surface area (Å²) in [5, 5.41) is 0. The summed E-state index contributed by atoms with van der Waals surface area (Å²) < 4.78 is 11.1. The van der Waals surface area contributed by atoms with Gasteiger partial charge in [-0.25, -0.2) is 0 Å². The third kappa shape index (κ3) is 8.64. The van der Waals surface area contributed by atoms with Crippen molar-refractivity contribution >= 4 is 17.1 Å². The highest BCUT2D eigenvalue weighted by Gasteiger charge is 2.39. The van der Waals surface area contributed by atoms with Gasteiger partial charge in [0.15, 0.2) is 8.32 Å². The van der Waals surface area contributed by atoms with Gasteiger partial charge in [0.05, 0.1) is 5.60 Å². The van der Waals surface area contributed by atoms with Crippen LogP contribution in [0.1, 0.15) is 20.8 Å². The minimum atomic E-state index is -2.91. The van der Waals surface area contributed by atoms with Crippen molar-refractivity contribution in [2.24, 2.45) is 0 Å². The van der Waals surface area contributed by atoms with Crippen LogP contribution in [0.2, 0.25) is 26.2 Å². The molecule has 1 unspecified atom stereocenters. The molecule has 0 radical (unpaired) electrons. The molecule has 0 fully saturated rings. The first-order valence-electron chi connectivity index (χ1n) is 4.54. The standard InChI is InChI=1S/C8H22O3Si2/c1-8(2,3)10-13(7,9)11-12(4,5)6/h9H,1-7H3. The fourth-order valence-corrected chi connectivity index (χ4v) is 7.00. The lowest BCUT2D eigenvalue weighted by molar-refractivity contribution is 0.0492. The molecule has 0 aromatic carbocycles. The second-order valence-electron chi connectivity index (χ2n) is 5.33. The summed E-state index contributed by atoms with van der Waals surface area (Å²) in [4.78, 5) is 9.91. The lowest BCUT2D eigenvalue weighted by atomic mass is 10.2. The molecule has 1 atom stereocenters. The second kappa shape index (κ2) is 3.82. The average Bonchev–Trinajstić information content (AvgIpc) is 1.43. The van der Waals surface area contributed by atoms with Crippen LogP contribution in [-0.4, -0.2) is 27.5 Å². The van der Waals surface area contributed by atoms with E-state index in [9.17, 15) is 4.80 Å². The van der Waals surface area contributed by atoms with Gasteiger partial charge in [-0.2, -0.15) is 0 Å². The molecule has 0 aromatic rings. The lowest BCUT2D eigenvalue weighted by Crippen LogP contribution is -2.51. The Morgan fingerprint density at radius 2 is 1.38 bits per heavy atom. The Bertz CT molecular complexity index is 149. The fourth-order valence-electron chi connectivity index (χ4n) is 1.16. The van der Waals surface area contributed by atoms with E-state index in [1.165, 1.54) is 0 Å². The predicted octanol–water partition coefficient (Wildman–Crippen LogP) is 2.21. The number of hydrogen-bond acceptors (Lipinski definition) is 3. The molecule has 0 amide bonds. The zero-order chi connectivity index (χ0) is 10.9. The van der Waals surface area contributed by atoms with Crippen molar-refractivity contribution in [1.29, 1.82) is 0 Å². The van der Waals surface area contributed by atoms with E-state index >= 15 is 0 Å². The molecule has 13 heavy (non-hydrogen) atoms. The molecule has 0 heterocycles. The van der Waals surface area contributed by atoms with Crippen LogP contribution in [0.5, 0.6) is 0 Å². The van der Waals surface area contributed by atoms with E-state index in [1.807, 2.05) is 40.4 Å². The summed E-state index contributed by atoms with van der Waals surface area (Å²) in [6.07, 6.45) is 0. The van der Waals surface area contributed by atoms with Crippen molar-refractivity contribution in [3.63, 3.8) is 0 Å². The molecular formula is C8H22O3Si2. The third-order valence-corrected chi connectivity index (χ3v) is 5.95. The van der Waals surface area contributed by atoms with E-state index in [2.05, 4.69) is 0 Å². The first-order chi connectivity index (χ1) is 5.41. The minimum absolute atomic E-state index is 0.338. The summed E-state index contributed by atoms with van der Waals surface area (Å²) in [5.74, 6) is 0. The maximum atomic E-state index is 9.91. The van der Waals surface area contributed by atoms with Gasteiger partial charge in [0, 0.05) is 6.55 Å². The largest absolute Gasteiger partial charge is 0.484 e. The van der Waals surface area contributed by atoms with Crippen molar-refractivity contribution < 1.29 is 13.3 Å². The molecule has 1 N–H and O–H groups in total. The van der Waals surface area contributed by atoms with E-state index in [1.54, 1.807) is 6.55 Å². The molecule has 0 bridgehead atoms. The zero-order valence-corrected chi connectivity index (χ0v) is 11.8. The Labute approximate surface area is 83.6 Å². The molecule has 0 saturated heterocycles. The summed E-state index contributed by atoms with van der Waals surface area (Å²) in [6, 6.07) is 0. The Kier molecular flexibility index (Phi) is 3.91. The van der Waals surface area contributed by atoms with E-state index in [-0.39, 0.29) is 5.60 Å². The van der Waals surface area contributed by atoms with Crippen LogP contribution in [-0.2, 0) is 8.54 Å². The highest BCUT2D eigenvalue weighted by atomic mass is 28.5. The molecular weight excluding hydrogens is 200 g/mol. The van der Waals surface area contributed by atoms with Gasteiger partial charge in [0.2, 0.25) is 0 Å². The molecule has 0 aliphatic carbocycles. The molecule has 0 aromatic heterocycles. The normalized spacial score (nSPS) is 18.5. The second-order valence-corrected chi connectivity index (χ2v) is 12.4. The van der Waals surface area contributed by atoms with Crippen LogP contribution in [0.25, 0.3) is 0 Å². The van der Waals surface area contributed by atoms with Crippen LogP contribution in [0.3, 0.4) is 0 Å². The Balaban J connectivity index is 4.25. The summed E-state index contributed by atoms with van der Waals surface area (Å²) in [6.45, 7) is 13.6. The Hall–Kier alpha value is 0.314. The molecule has 3 nitrogen and oxygen atoms in total. The average molecular weight is 222 g/mol. The van der Waals surface area contributed by atoms with Crippen molar-refractivity contribution in [1.82, 2.24) is 0 Å². The zero-order valence-electron chi connectivity index (χ0n) is 9.76. The van der Waals surface area contributed by atoms with E-state index in [4.69, 9.17) is 8.54 Å². The third-order valence-electron chi connectivity index (χ3n) is 0.991. The Morgan fingerprint density at radius 1 is 1.00 bits per heavy atom. The van der Waals surface area contributed by atoms with Crippen LogP contribution < -0.4 is 0 Å². The van der Waals surface area contributed by atoms with Crippen molar-refractivity contribution in [2.45, 2.75) is 52.6 Å². The number of rotatable bonds is 3. The van der Waals surface area contributed by atoms with Gasteiger partial charge >= 0.3 is 8.80 Å². The van der Waals surface area contributed by atoms with Crippen molar-refractivity contribution in [2.75, 3.05) is 0 Å². The molecule has 80 valence electrons. The highest BCUT2D eigenvalue weighted by Crippen LogP contribution is 2.19. The molecule has 0 spiro atoms. The van der Waals surface area contributed by atoms with E-state index in [0.29, 0.717) is 0 Å². The molecule has 0 aliphatic heterocycles. The summed E-state index contributed by atoms with van der Waals surface area (Å²) >= 11 is 0. The molecule has 5 heteroatoms. The monoisotopic (exact) mass is 222 g/mol. The highest BCUT2D eigenvalue weighted by molar-refractivity contribution is 6.79. The summed E-state index contributed by atoms with van der Waals surface area (Å²) in [7, 11) is -4.62. The summed E-state index contributed by atoms with van der Waals surface area (Å²) in [5.41, 5.74) is -0.338. The molecule has 0 aliphatic rings. The van der Waals surface area contributed by atoms with Gasteiger partial charge in [-0.3, -0.25) is 0 Å². The number of hydrogen-bond donors (Lipinski definition) is 1. The van der Waals surface area contributed by atoms with Gasteiger partial charge in [-0.1, -0.05) is 0 Å². The predicted molar refractivity (Wildman–Crippen MR) is 59.1 cm³/mol. The van der Waals surface area contributed by atoms with Gasteiger partial charge in [0.1, 0.15) is 0 Å². The van der Waals surface area contributed by atoms with Gasteiger partial charge in [-0.15, -0.1) is 0 Å². The van der Waals surface area contributed by atoms with Crippen LogP contribution in [0.15, 0.2) is 0 Å². The van der Waals surface area contributed by atoms with Crippen LogP contribution in [0.4, 0.5) is 0 Å². The van der Waals surface area contributed by atoms with Crippen LogP contribution in [0, 0.1) is 0 Å². The minimum Gasteiger partial charge on any atom is -0.416 e. The van der Waals surface area contributed by atoms with Crippen LogP contribution >= 0.6 is 0 Å². The topological polar surface area (TPSA) is 38.7 Å². The first kappa shape index (κ1) is 13.3. The van der Waals surface area contributed by atoms with Gasteiger partial charge < -0.3 is 13.3 Å². The fraction of sp³-hybridized carbons (Fsp3) is 1.00. The van der Waals surface area contributed by atoms with Crippen molar-refractivity contribution in [3.05, 3.63) is 0 Å². The van der Waals surface area contributed by atoms with Crippen molar-refractivity contribution in [3.8, 4) is 0 Å². The smallest absolute Gasteiger partial charge is 0.416 e. The lowest BCUT2D eigenvalue weighted by Gasteiger charge is -2.33. The van der Waals surface area contributed by atoms with E-state index < -0.39 is 17.1 Å². The SMILES string of the molecule is CC(C)(C)O[Si](C)(O)O[Si](C)(C)C. The van der Waals surface area contributed by atoms with Gasteiger partial charge in [0.25, 0.3) is 0 Å². The van der Waals surface area contributed by atoms with E-state index in [0.717, 1.165) is 0 Å².